The number of para-hydroxylation sites is 1. The molecule has 1 atom stereocenters. The largest absolute Gasteiger partial charge is 0.482 e. The van der Waals surface area contributed by atoms with Crippen LogP contribution in [-0.4, -0.2) is 41.5 Å². The van der Waals surface area contributed by atoms with E-state index in [9.17, 15) is 9.90 Å². The van der Waals surface area contributed by atoms with E-state index in [1.54, 1.807) is 24.3 Å². The monoisotopic (exact) mass is 264 g/mol. The van der Waals surface area contributed by atoms with Gasteiger partial charge in [-0.25, -0.2) is 0 Å². The van der Waals surface area contributed by atoms with Crippen molar-refractivity contribution in [3.05, 3.63) is 29.8 Å². The lowest BCUT2D eigenvalue weighted by molar-refractivity contribution is -0.124. The molecule has 0 aliphatic rings. The minimum Gasteiger partial charge on any atom is -0.482 e. The molecule has 1 unspecified atom stereocenters. The van der Waals surface area contributed by atoms with Crippen LogP contribution < -0.4 is 10.1 Å². The third-order valence-electron chi connectivity index (χ3n) is 2.37. The molecule has 0 fully saturated rings. The minimum atomic E-state index is -1.36. The third-order valence-corrected chi connectivity index (χ3v) is 2.37. The molecule has 0 aliphatic carbocycles. The second-order valence-electron chi connectivity index (χ2n) is 4.33. The molecule has 0 radical (unpaired) electrons. The first-order valence-corrected chi connectivity index (χ1v) is 5.70. The van der Waals surface area contributed by atoms with Gasteiger partial charge in [-0.05, 0) is 19.1 Å². The Morgan fingerprint density at radius 3 is 2.84 bits per heavy atom. The summed E-state index contributed by atoms with van der Waals surface area (Å²) in [5.41, 5.74) is -1.02. The second kappa shape index (κ2) is 6.73. The first-order chi connectivity index (χ1) is 8.98. The van der Waals surface area contributed by atoms with Crippen molar-refractivity contribution < 1.29 is 19.7 Å². The molecule has 6 nitrogen and oxygen atoms in total. The predicted molar refractivity (Wildman–Crippen MR) is 67.4 cm³/mol. The SMILES string of the molecule is CC(O)(CO)CNC(=O)COc1ccccc1C#N. The standard InChI is InChI=1S/C13H16N2O4/c1-13(18,9-16)8-15-12(17)7-19-11-5-3-2-4-10(11)6-14/h2-5,16,18H,7-9H2,1H3,(H,15,17). The Morgan fingerprint density at radius 2 is 2.21 bits per heavy atom. The quantitative estimate of drug-likeness (QED) is 0.660. The van der Waals surface area contributed by atoms with Gasteiger partial charge < -0.3 is 20.3 Å². The van der Waals surface area contributed by atoms with Crippen LogP contribution >= 0.6 is 0 Å². The molecule has 0 bridgehead atoms. The zero-order chi connectivity index (χ0) is 14.3. The van der Waals surface area contributed by atoms with Crippen LogP contribution in [0.3, 0.4) is 0 Å². The molecule has 0 aromatic heterocycles. The highest BCUT2D eigenvalue weighted by molar-refractivity contribution is 5.77. The van der Waals surface area contributed by atoms with Crippen molar-refractivity contribution in [1.82, 2.24) is 5.32 Å². The highest BCUT2D eigenvalue weighted by Gasteiger charge is 2.19. The van der Waals surface area contributed by atoms with Crippen molar-refractivity contribution in [2.45, 2.75) is 12.5 Å². The van der Waals surface area contributed by atoms with E-state index in [0.29, 0.717) is 11.3 Å². The van der Waals surface area contributed by atoms with Gasteiger partial charge in [0, 0.05) is 6.54 Å². The fourth-order valence-electron chi connectivity index (χ4n) is 1.22. The van der Waals surface area contributed by atoms with Crippen LogP contribution in [0.2, 0.25) is 0 Å². The molecule has 0 aliphatic heterocycles. The molecule has 1 aromatic carbocycles. The zero-order valence-corrected chi connectivity index (χ0v) is 10.6. The normalized spacial score (nSPS) is 13.2. The van der Waals surface area contributed by atoms with E-state index in [4.69, 9.17) is 15.1 Å². The van der Waals surface area contributed by atoms with Crippen molar-refractivity contribution in [3.8, 4) is 11.8 Å². The fraction of sp³-hybridized carbons (Fsp3) is 0.385. The fourth-order valence-corrected chi connectivity index (χ4v) is 1.22. The number of nitriles is 1. The molecule has 1 amide bonds. The number of aliphatic hydroxyl groups excluding tert-OH is 1. The molecule has 102 valence electrons. The summed E-state index contributed by atoms with van der Waals surface area (Å²) < 4.78 is 5.21. The van der Waals surface area contributed by atoms with Crippen LogP contribution in [0.25, 0.3) is 0 Å². The van der Waals surface area contributed by atoms with Gasteiger partial charge in [0.25, 0.3) is 5.91 Å². The number of hydrogen-bond acceptors (Lipinski definition) is 5. The number of hydrogen-bond donors (Lipinski definition) is 3. The molecule has 3 N–H and O–H groups in total. The van der Waals surface area contributed by atoms with Crippen LogP contribution in [0.1, 0.15) is 12.5 Å². The lowest BCUT2D eigenvalue weighted by atomic mass is 10.1. The lowest BCUT2D eigenvalue weighted by Crippen LogP contribution is -2.44. The van der Waals surface area contributed by atoms with Crippen LogP contribution in [0, 0.1) is 11.3 Å². The van der Waals surface area contributed by atoms with Crippen molar-refractivity contribution in [2.24, 2.45) is 0 Å². The first-order valence-electron chi connectivity index (χ1n) is 5.70. The Hall–Kier alpha value is -2.10. The number of aliphatic hydroxyl groups is 2. The Bertz CT molecular complexity index is 480. The molecule has 1 aromatic rings. The number of benzene rings is 1. The molecule has 0 heterocycles. The van der Waals surface area contributed by atoms with Crippen LogP contribution in [0.5, 0.6) is 5.75 Å². The van der Waals surface area contributed by atoms with Gasteiger partial charge in [-0.2, -0.15) is 5.26 Å². The van der Waals surface area contributed by atoms with E-state index < -0.39 is 18.1 Å². The van der Waals surface area contributed by atoms with Gasteiger partial charge in [0.2, 0.25) is 0 Å². The van der Waals surface area contributed by atoms with E-state index in [2.05, 4.69) is 5.32 Å². The van der Waals surface area contributed by atoms with Gasteiger partial charge in [-0.3, -0.25) is 4.79 Å². The Kier molecular flexibility index (Phi) is 5.30. The number of carbonyl (C=O) groups is 1. The molecular weight excluding hydrogens is 248 g/mol. The van der Waals surface area contributed by atoms with E-state index in [1.807, 2.05) is 6.07 Å². The molecule has 0 spiro atoms. The van der Waals surface area contributed by atoms with Crippen molar-refractivity contribution in [2.75, 3.05) is 19.8 Å². The average molecular weight is 264 g/mol. The topological polar surface area (TPSA) is 103 Å². The number of carbonyl (C=O) groups excluding carboxylic acids is 1. The Labute approximate surface area is 111 Å². The van der Waals surface area contributed by atoms with Crippen molar-refractivity contribution in [3.63, 3.8) is 0 Å². The summed E-state index contributed by atoms with van der Waals surface area (Å²) in [7, 11) is 0. The second-order valence-corrected chi connectivity index (χ2v) is 4.33. The van der Waals surface area contributed by atoms with Crippen LogP contribution in [0.15, 0.2) is 24.3 Å². The summed E-state index contributed by atoms with van der Waals surface area (Å²) in [5.74, 6) is -0.115. The maximum absolute atomic E-state index is 11.5. The molecule has 19 heavy (non-hydrogen) atoms. The summed E-state index contributed by atoms with van der Waals surface area (Å²) >= 11 is 0. The summed E-state index contributed by atoms with van der Waals surface area (Å²) in [6, 6.07) is 8.53. The number of nitrogens with zero attached hydrogens (tertiary/aromatic N) is 1. The zero-order valence-electron chi connectivity index (χ0n) is 10.6. The van der Waals surface area contributed by atoms with Gasteiger partial charge in [-0.15, -0.1) is 0 Å². The maximum atomic E-state index is 11.5. The number of nitrogens with one attached hydrogen (secondary N) is 1. The van der Waals surface area contributed by atoms with Gasteiger partial charge in [0.15, 0.2) is 6.61 Å². The molecule has 0 saturated heterocycles. The lowest BCUT2D eigenvalue weighted by Gasteiger charge is -2.20. The van der Waals surface area contributed by atoms with Gasteiger partial charge in [-0.1, -0.05) is 12.1 Å². The van der Waals surface area contributed by atoms with Gasteiger partial charge in [0.1, 0.15) is 17.4 Å². The summed E-state index contributed by atoms with van der Waals surface area (Å²) in [5, 5.41) is 29.6. The Morgan fingerprint density at radius 1 is 1.53 bits per heavy atom. The molecular formula is C13H16N2O4. The van der Waals surface area contributed by atoms with Crippen LogP contribution in [0.4, 0.5) is 0 Å². The van der Waals surface area contributed by atoms with Gasteiger partial charge >= 0.3 is 0 Å². The number of ether oxygens (including phenoxy) is 1. The number of amides is 1. The van der Waals surface area contributed by atoms with E-state index in [1.165, 1.54) is 6.92 Å². The van der Waals surface area contributed by atoms with Crippen molar-refractivity contribution in [1.29, 1.82) is 5.26 Å². The summed E-state index contributed by atoms with van der Waals surface area (Å²) in [6.07, 6.45) is 0. The minimum absolute atomic E-state index is 0.0778. The highest BCUT2D eigenvalue weighted by Crippen LogP contribution is 2.16. The Balaban J connectivity index is 2.45. The first kappa shape index (κ1) is 15.0. The highest BCUT2D eigenvalue weighted by atomic mass is 16.5. The van der Waals surface area contributed by atoms with E-state index in [0.717, 1.165) is 0 Å². The third kappa shape index (κ3) is 4.95. The van der Waals surface area contributed by atoms with E-state index >= 15 is 0 Å². The van der Waals surface area contributed by atoms with Crippen molar-refractivity contribution >= 4 is 5.91 Å². The number of rotatable bonds is 6. The van der Waals surface area contributed by atoms with Crippen LogP contribution in [-0.2, 0) is 4.79 Å². The molecule has 1 rings (SSSR count). The smallest absolute Gasteiger partial charge is 0.258 e. The van der Waals surface area contributed by atoms with Gasteiger partial charge in [0.05, 0.1) is 12.2 Å². The molecule has 0 saturated carbocycles. The van der Waals surface area contributed by atoms with E-state index in [-0.39, 0.29) is 13.2 Å². The molecule has 6 heteroatoms. The summed E-state index contributed by atoms with van der Waals surface area (Å²) in [6.45, 7) is 0.607. The predicted octanol–water partition coefficient (Wildman–Crippen LogP) is -0.203. The maximum Gasteiger partial charge on any atom is 0.258 e. The average Bonchev–Trinajstić information content (AvgIpc) is 2.43. The summed E-state index contributed by atoms with van der Waals surface area (Å²) in [4.78, 5) is 11.5.